The molecule has 0 unspecified atom stereocenters. The highest BCUT2D eigenvalue weighted by molar-refractivity contribution is 6.35. The number of nitrogens with one attached hydrogen (secondary N) is 1. The van der Waals surface area contributed by atoms with Crippen LogP contribution in [0, 0.1) is 0 Å². The molecular weight excluding hydrogens is 305 g/mol. The molecule has 0 aliphatic carbocycles. The second-order valence-corrected chi connectivity index (χ2v) is 4.66. The number of benzene rings is 1. The summed E-state index contributed by atoms with van der Waals surface area (Å²) in [6, 6.07) is 5.62. The first-order valence-corrected chi connectivity index (χ1v) is 6.19. The van der Waals surface area contributed by atoms with Crippen molar-refractivity contribution in [3.8, 4) is 5.75 Å². The summed E-state index contributed by atoms with van der Waals surface area (Å²) in [5.41, 5.74) is -0.0565. The van der Waals surface area contributed by atoms with Crippen molar-refractivity contribution in [3.05, 3.63) is 56.6 Å². The average molecular weight is 314 g/mol. The molecule has 2 aromatic rings. The lowest BCUT2D eigenvalue weighted by molar-refractivity contribution is 0.0993. The molecular formula is C13H9Cl2NO4. The minimum absolute atomic E-state index is 0.0207. The molecule has 0 atom stereocenters. The van der Waals surface area contributed by atoms with E-state index in [4.69, 9.17) is 32.4 Å². The van der Waals surface area contributed by atoms with Crippen molar-refractivity contribution < 1.29 is 13.9 Å². The molecule has 1 amide bonds. The number of carbonyl (C=O) groups is 1. The Morgan fingerprint density at radius 3 is 2.40 bits per heavy atom. The van der Waals surface area contributed by atoms with Gasteiger partial charge in [0.15, 0.2) is 5.76 Å². The fourth-order valence-electron chi connectivity index (χ4n) is 1.49. The standard InChI is InChI=1S/C13H9Cl2NO4/c1-19-12-6-20-11(5-10(12)17)13(18)16-9-3-7(14)2-8(15)4-9/h2-6H,1H3,(H,16,18). The number of amides is 1. The molecule has 0 saturated carbocycles. The summed E-state index contributed by atoms with van der Waals surface area (Å²) in [7, 11) is 1.33. The Kier molecular flexibility index (Phi) is 4.32. The maximum atomic E-state index is 11.9. The molecule has 0 aliphatic heterocycles. The Balaban J connectivity index is 2.24. The van der Waals surface area contributed by atoms with Crippen LogP contribution in [0.4, 0.5) is 5.69 Å². The molecule has 1 aromatic heterocycles. The molecule has 0 fully saturated rings. The van der Waals surface area contributed by atoms with Crippen molar-refractivity contribution >= 4 is 34.8 Å². The van der Waals surface area contributed by atoms with Crippen LogP contribution < -0.4 is 15.5 Å². The highest BCUT2D eigenvalue weighted by Gasteiger charge is 2.12. The summed E-state index contributed by atoms with van der Waals surface area (Å²) in [6.45, 7) is 0. The SMILES string of the molecule is COc1coc(C(=O)Nc2cc(Cl)cc(Cl)c2)cc1=O. The van der Waals surface area contributed by atoms with Gasteiger partial charge in [-0.2, -0.15) is 0 Å². The Bertz CT molecular complexity index is 692. The highest BCUT2D eigenvalue weighted by Crippen LogP contribution is 2.22. The maximum absolute atomic E-state index is 11.9. The van der Waals surface area contributed by atoms with E-state index >= 15 is 0 Å². The number of halogens is 2. The highest BCUT2D eigenvalue weighted by atomic mass is 35.5. The van der Waals surface area contributed by atoms with Crippen molar-refractivity contribution in [2.45, 2.75) is 0 Å². The normalized spacial score (nSPS) is 10.2. The number of anilines is 1. The predicted octanol–water partition coefficient (Wildman–Crippen LogP) is 3.21. The first-order chi connectivity index (χ1) is 9.49. The van der Waals surface area contributed by atoms with E-state index in [0.29, 0.717) is 15.7 Å². The molecule has 1 N–H and O–H groups in total. The van der Waals surface area contributed by atoms with Gasteiger partial charge in [0.05, 0.1) is 7.11 Å². The molecule has 5 nitrogen and oxygen atoms in total. The van der Waals surface area contributed by atoms with Crippen molar-refractivity contribution in [1.82, 2.24) is 0 Å². The molecule has 2 rings (SSSR count). The van der Waals surface area contributed by atoms with Gasteiger partial charge in [-0.3, -0.25) is 9.59 Å². The smallest absolute Gasteiger partial charge is 0.291 e. The number of hydrogen-bond donors (Lipinski definition) is 1. The van der Waals surface area contributed by atoms with Crippen LogP contribution in [0.5, 0.6) is 5.75 Å². The first-order valence-electron chi connectivity index (χ1n) is 5.44. The van der Waals surface area contributed by atoms with Gasteiger partial charge in [0, 0.05) is 21.8 Å². The molecule has 0 aliphatic rings. The third-order valence-corrected chi connectivity index (χ3v) is 2.80. The minimum atomic E-state index is -0.594. The van der Waals surface area contributed by atoms with E-state index in [-0.39, 0.29) is 11.5 Å². The van der Waals surface area contributed by atoms with Gasteiger partial charge in [0.1, 0.15) is 6.26 Å². The van der Waals surface area contributed by atoms with Crippen LogP contribution in [0.25, 0.3) is 0 Å². The second kappa shape index (κ2) is 5.98. The Morgan fingerprint density at radius 2 is 1.85 bits per heavy atom. The van der Waals surface area contributed by atoms with Crippen LogP contribution in [-0.2, 0) is 0 Å². The zero-order chi connectivity index (χ0) is 14.7. The van der Waals surface area contributed by atoms with Gasteiger partial charge in [0.25, 0.3) is 5.91 Å². The van der Waals surface area contributed by atoms with Gasteiger partial charge in [0.2, 0.25) is 11.2 Å². The Morgan fingerprint density at radius 1 is 1.20 bits per heavy atom. The monoisotopic (exact) mass is 313 g/mol. The Hall–Kier alpha value is -1.98. The van der Waals surface area contributed by atoms with Crippen LogP contribution >= 0.6 is 23.2 Å². The average Bonchev–Trinajstić information content (AvgIpc) is 2.37. The van der Waals surface area contributed by atoms with Crippen molar-refractivity contribution in [2.75, 3.05) is 12.4 Å². The topological polar surface area (TPSA) is 68.5 Å². The molecule has 20 heavy (non-hydrogen) atoms. The lowest BCUT2D eigenvalue weighted by Gasteiger charge is -2.06. The van der Waals surface area contributed by atoms with E-state index < -0.39 is 11.3 Å². The number of hydrogen-bond acceptors (Lipinski definition) is 4. The van der Waals surface area contributed by atoms with Crippen molar-refractivity contribution in [3.63, 3.8) is 0 Å². The van der Waals surface area contributed by atoms with Crippen molar-refractivity contribution in [2.24, 2.45) is 0 Å². The van der Waals surface area contributed by atoms with E-state index in [1.165, 1.54) is 25.3 Å². The fourth-order valence-corrected chi connectivity index (χ4v) is 2.01. The molecule has 0 spiro atoms. The second-order valence-electron chi connectivity index (χ2n) is 3.79. The van der Waals surface area contributed by atoms with Crippen LogP contribution in [-0.4, -0.2) is 13.0 Å². The minimum Gasteiger partial charge on any atom is -0.490 e. The van der Waals surface area contributed by atoms with Crippen LogP contribution in [0.3, 0.4) is 0 Å². The summed E-state index contributed by atoms with van der Waals surface area (Å²) in [6.07, 6.45) is 1.07. The molecule has 0 radical (unpaired) electrons. The van der Waals surface area contributed by atoms with Gasteiger partial charge in [-0.1, -0.05) is 23.2 Å². The van der Waals surface area contributed by atoms with E-state index in [1.54, 1.807) is 0 Å². The van der Waals surface area contributed by atoms with Crippen LogP contribution in [0.2, 0.25) is 10.0 Å². The lowest BCUT2D eigenvalue weighted by Crippen LogP contribution is -2.15. The molecule has 0 bridgehead atoms. The number of ether oxygens (including phenoxy) is 1. The molecule has 1 aromatic carbocycles. The predicted molar refractivity (Wildman–Crippen MR) is 75.9 cm³/mol. The Labute approximate surface area is 124 Å². The lowest BCUT2D eigenvalue weighted by atomic mass is 10.3. The molecule has 7 heteroatoms. The summed E-state index contributed by atoms with van der Waals surface area (Å²) in [5.74, 6) is -0.720. The zero-order valence-electron chi connectivity index (χ0n) is 10.3. The van der Waals surface area contributed by atoms with Crippen LogP contribution in [0.1, 0.15) is 10.6 Å². The first kappa shape index (κ1) is 14.4. The van der Waals surface area contributed by atoms with E-state index in [0.717, 1.165) is 12.3 Å². The maximum Gasteiger partial charge on any atom is 0.291 e. The zero-order valence-corrected chi connectivity index (χ0v) is 11.8. The van der Waals surface area contributed by atoms with Gasteiger partial charge in [-0.05, 0) is 18.2 Å². The quantitative estimate of drug-likeness (QED) is 0.944. The number of carbonyl (C=O) groups excluding carboxylic acids is 1. The van der Waals surface area contributed by atoms with E-state index in [2.05, 4.69) is 5.32 Å². The third kappa shape index (κ3) is 3.31. The summed E-state index contributed by atoms with van der Waals surface area (Å²) >= 11 is 11.6. The van der Waals surface area contributed by atoms with Crippen LogP contribution in [0.15, 0.2) is 39.7 Å². The molecule has 104 valence electrons. The van der Waals surface area contributed by atoms with Gasteiger partial charge < -0.3 is 14.5 Å². The summed E-state index contributed by atoms with van der Waals surface area (Å²) < 4.78 is 9.78. The fraction of sp³-hybridized carbons (Fsp3) is 0.0769. The molecule has 1 heterocycles. The number of rotatable bonds is 3. The van der Waals surface area contributed by atoms with E-state index in [1.807, 2.05) is 0 Å². The van der Waals surface area contributed by atoms with Crippen molar-refractivity contribution in [1.29, 1.82) is 0 Å². The third-order valence-electron chi connectivity index (χ3n) is 2.36. The largest absolute Gasteiger partial charge is 0.490 e. The van der Waals surface area contributed by atoms with Gasteiger partial charge >= 0.3 is 0 Å². The summed E-state index contributed by atoms with van der Waals surface area (Å²) in [4.78, 5) is 23.4. The van der Waals surface area contributed by atoms with E-state index in [9.17, 15) is 9.59 Å². The number of methoxy groups -OCH3 is 1. The van der Waals surface area contributed by atoms with Gasteiger partial charge in [-0.25, -0.2) is 0 Å². The van der Waals surface area contributed by atoms with Gasteiger partial charge in [-0.15, -0.1) is 0 Å². The summed E-state index contributed by atoms with van der Waals surface area (Å²) in [5, 5.41) is 3.28. The molecule has 0 saturated heterocycles.